The average Bonchev–Trinajstić information content (AvgIpc) is 3.21. The molecule has 7 heteroatoms. The smallest absolute Gasteiger partial charge is 0.289 e. The third kappa shape index (κ3) is 4.46. The van der Waals surface area contributed by atoms with Crippen molar-refractivity contribution in [2.75, 3.05) is 11.9 Å². The number of benzene rings is 3. The van der Waals surface area contributed by atoms with E-state index in [1.165, 1.54) is 42.0 Å². The first kappa shape index (κ1) is 21.4. The molecule has 4 rings (SSSR count). The van der Waals surface area contributed by atoms with Crippen molar-refractivity contribution in [1.29, 1.82) is 0 Å². The molecule has 0 aromatic heterocycles. The number of halogens is 4. The highest BCUT2D eigenvalue weighted by Gasteiger charge is 2.35. The summed E-state index contributed by atoms with van der Waals surface area (Å²) < 4.78 is 53.8. The SMILES string of the molecule is CN(c1ccc(C(=O)c2ccc3c(c2)CCC3)c(Sc2ccccc2F)c1)C(F)(F)F. The Balaban J connectivity index is 1.77. The minimum absolute atomic E-state index is 0.128. The number of fused-ring (bicyclic) bond motifs is 1. The molecule has 0 spiro atoms. The summed E-state index contributed by atoms with van der Waals surface area (Å²) in [4.78, 5) is 13.9. The maximum Gasteiger partial charge on any atom is 0.484 e. The summed E-state index contributed by atoms with van der Waals surface area (Å²) in [5, 5.41) is 0. The number of alkyl halides is 3. The summed E-state index contributed by atoms with van der Waals surface area (Å²) >= 11 is 0.942. The first-order valence-corrected chi connectivity index (χ1v) is 10.6. The zero-order valence-corrected chi connectivity index (χ0v) is 17.5. The summed E-state index contributed by atoms with van der Waals surface area (Å²) in [6.45, 7) is 0. The first-order chi connectivity index (χ1) is 14.7. The number of hydrogen-bond acceptors (Lipinski definition) is 3. The number of anilines is 1. The highest BCUT2D eigenvalue weighted by atomic mass is 32.2. The molecule has 0 fully saturated rings. The minimum atomic E-state index is -4.58. The van der Waals surface area contributed by atoms with Crippen molar-refractivity contribution < 1.29 is 22.4 Å². The fourth-order valence-corrected chi connectivity index (χ4v) is 4.65. The molecule has 0 N–H and O–H groups in total. The summed E-state index contributed by atoms with van der Waals surface area (Å²) in [6.07, 6.45) is -1.65. The molecule has 0 saturated heterocycles. The Hall–Kier alpha value is -2.80. The molecule has 2 nitrogen and oxygen atoms in total. The van der Waals surface area contributed by atoms with Crippen molar-refractivity contribution in [3.63, 3.8) is 0 Å². The number of carbonyl (C=O) groups is 1. The molecule has 3 aromatic rings. The van der Waals surface area contributed by atoms with Gasteiger partial charge < -0.3 is 0 Å². The van der Waals surface area contributed by atoms with Crippen molar-refractivity contribution in [2.45, 2.75) is 35.4 Å². The summed E-state index contributed by atoms with van der Waals surface area (Å²) in [5.74, 6) is -0.798. The van der Waals surface area contributed by atoms with Crippen LogP contribution in [0.2, 0.25) is 0 Å². The second-order valence-electron chi connectivity index (χ2n) is 7.41. The van der Waals surface area contributed by atoms with Crippen molar-refractivity contribution in [3.05, 3.63) is 88.7 Å². The highest BCUT2D eigenvalue weighted by molar-refractivity contribution is 7.99. The van der Waals surface area contributed by atoms with Crippen LogP contribution in [0.25, 0.3) is 0 Å². The topological polar surface area (TPSA) is 20.3 Å². The Bertz CT molecular complexity index is 1140. The van der Waals surface area contributed by atoms with Gasteiger partial charge in [-0.1, -0.05) is 36.0 Å². The highest BCUT2D eigenvalue weighted by Crippen LogP contribution is 2.37. The maximum absolute atomic E-state index is 14.2. The van der Waals surface area contributed by atoms with Gasteiger partial charge in [-0.2, -0.15) is 13.2 Å². The molecule has 1 aliphatic carbocycles. The molecule has 31 heavy (non-hydrogen) atoms. The lowest BCUT2D eigenvalue weighted by atomic mass is 9.99. The molecular formula is C24H19F4NOS. The molecular weight excluding hydrogens is 426 g/mol. The third-order valence-electron chi connectivity index (χ3n) is 5.39. The van der Waals surface area contributed by atoms with Crippen LogP contribution in [-0.2, 0) is 12.8 Å². The van der Waals surface area contributed by atoms with Gasteiger partial charge in [0.2, 0.25) is 0 Å². The van der Waals surface area contributed by atoms with E-state index in [1.807, 2.05) is 12.1 Å². The lowest BCUT2D eigenvalue weighted by molar-refractivity contribution is -0.125. The van der Waals surface area contributed by atoms with Gasteiger partial charge in [0.1, 0.15) is 5.82 Å². The van der Waals surface area contributed by atoms with Gasteiger partial charge in [0.15, 0.2) is 5.78 Å². The van der Waals surface area contributed by atoms with Crippen LogP contribution in [0.4, 0.5) is 23.2 Å². The van der Waals surface area contributed by atoms with Crippen LogP contribution in [0.5, 0.6) is 0 Å². The van der Waals surface area contributed by atoms with Gasteiger partial charge >= 0.3 is 6.30 Å². The van der Waals surface area contributed by atoms with Crippen molar-refractivity contribution in [2.24, 2.45) is 0 Å². The zero-order valence-electron chi connectivity index (χ0n) is 16.7. The van der Waals surface area contributed by atoms with Crippen molar-refractivity contribution in [1.82, 2.24) is 0 Å². The minimum Gasteiger partial charge on any atom is -0.289 e. The Morgan fingerprint density at radius 3 is 2.42 bits per heavy atom. The molecule has 0 atom stereocenters. The van der Waals surface area contributed by atoms with Gasteiger partial charge in [-0.15, -0.1) is 0 Å². The van der Waals surface area contributed by atoms with E-state index in [0.717, 1.165) is 43.6 Å². The van der Waals surface area contributed by atoms with E-state index in [4.69, 9.17) is 0 Å². The van der Waals surface area contributed by atoms with Crippen LogP contribution in [-0.4, -0.2) is 19.1 Å². The predicted molar refractivity (Wildman–Crippen MR) is 113 cm³/mol. The van der Waals surface area contributed by atoms with Gasteiger partial charge in [-0.25, -0.2) is 4.39 Å². The van der Waals surface area contributed by atoms with Crippen LogP contribution >= 0.6 is 11.8 Å². The van der Waals surface area contributed by atoms with E-state index in [-0.39, 0.29) is 31.7 Å². The Labute approximate surface area is 181 Å². The largest absolute Gasteiger partial charge is 0.484 e. The molecule has 0 heterocycles. The van der Waals surface area contributed by atoms with Crippen LogP contribution in [0.1, 0.15) is 33.5 Å². The van der Waals surface area contributed by atoms with Crippen molar-refractivity contribution in [3.8, 4) is 0 Å². The fraction of sp³-hybridized carbons (Fsp3) is 0.208. The molecule has 0 bridgehead atoms. The van der Waals surface area contributed by atoms with Gasteiger partial charge in [0.05, 0.1) is 0 Å². The van der Waals surface area contributed by atoms with Crippen LogP contribution in [0.3, 0.4) is 0 Å². The second-order valence-corrected chi connectivity index (χ2v) is 8.49. The quantitative estimate of drug-likeness (QED) is 0.249. The van der Waals surface area contributed by atoms with Crippen LogP contribution in [0.15, 0.2) is 70.5 Å². The molecule has 0 saturated carbocycles. The molecule has 0 amide bonds. The normalized spacial score (nSPS) is 13.2. The maximum atomic E-state index is 14.2. The lowest BCUT2D eigenvalue weighted by Crippen LogP contribution is -2.34. The Morgan fingerprint density at radius 1 is 0.935 bits per heavy atom. The fourth-order valence-electron chi connectivity index (χ4n) is 3.65. The van der Waals surface area contributed by atoms with Crippen molar-refractivity contribution >= 4 is 23.2 Å². The van der Waals surface area contributed by atoms with E-state index >= 15 is 0 Å². The van der Waals surface area contributed by atoms with Crippen LogP contribution in [0, 0.1) is 5.82 Å². The molecule has 0 unspecified atom stereocenters. The second kappa shape index (κ2) is 8.38. The summed E-state index contributed by atoms with van der Waals surface area (Å²) in [7, 11) is 0.912. The third-order valence-corrected chi connectivity index (χ3v) is 6.50. The van der Waals surface area contributed by atoms with E-state index < -0.39 is 12.1 Å². The molecule has 160 valence electrons. The van der Waals surface area contributed by atoms with E-state index in [0.29, 0.717) is 5.56 Å². The number of ketones is 1. The van der Waals surface area contributed by atoms with E-state index in [1.54, 1.807) is 12.1 Å². The molecule has 0 aliphatic heterocycles. The zero-order chi connectivity index (χ0) is 22.2. The number of carbonyl (C=O) groups excluding carboxylic acids is 1. The molecule has 1 aliphatic rings. The number of hydrogen-bond donors (Lipinski definition) is 0. The molecule has 0 radical (unpaired) electrons. The summed E-state index contributed by atoms with van der Waals surface area (Å²) in [6, 6.07) is 15.5. The standard InChI is InChI=1S/C24H19F4NOS/c1-29(24(26,27)28)18-11-12-19(22(14-18)31-21-8-3-2-7-20(21)25)23(30)17-10-9-15-5-4-6-16(15)13-17/h2-3,7-14H,4-6H2,1H3. The Morgan fingerprint density at radius 2 is 1.68 bits per heavy atom. The van der Waals surface area contributed by atoms with E-state index in [9.17, 15) is 22.4 Å². The van der Waals surface area contributed by atoms with Crippen LogP contribution < -0.4 is 4.90 Å². The van der Waals surface area contributed by atoms with Gasteiger partial charge in [-0.3, -0.25) is 9.69 Å². The Kier molecular flexibility index (Phi) is 5.79. The predicted octanol–water partition coefficient (Wildman–Crippen LogP) is 6.65. The average molecular weight is 445 g/mol. The van der Waals surface area contributed by atoms with Gasteiger partial charge in [0.25, 0.3) is 0 Å². The molecule has 3 aromatic carbocycles. The first-order valence-electron chi connectivity index (χ1n) is 9.77. The lowest BCUT2D eigenvalue weighted by Gasteiger charge is -2.23. The van der Waals surface area contributed by atoms with E-state index in [2.05, 4.69) is 0 Å². The number of nitrogens with zero attached hydrogens (tertiary/aromatic N) is 1. The van der Waals surface area contributed by atoms with Gasteiger partial charge in [0, 0.05) is 33.7 Å². The van der Waals surface area contributed by atoms with Gasteiger partial charge in [-0.05, 0) is 66.8 Å². The number of aryl methyl sites for hydroxylation is 2. The summed E-state index contributed by atoms with van der Waals surface area (Å²) in [5.41, 5.74) is 2.94. The number of rotatable bonds is 5. The monoisotopic (exact) mass is 445 g/mol.